The number of imide groups is 1. The average Bonchev–Trinajstić information content (AvgIpc) is 2.98. The molecule has 0 bridgehead atoms. The fraction of sp³-hybridized carbons (Fsp3) is 0.762. The highest BCUT2D eigenvalue weighted by Gasteiger charge is 2.41. The molecule has 2 rings (SSSR count). The van der Waals surface area contributed by atoms with Gasteiger partial charge in [0.1, 0.15) is 5.25 Å². The van der Waals surface area contributed by atoms with E-state index in [0.717, 1.165) is 37.4 Å². The Hall–Kier alpha value is -2.10. The van der Waals surface area contributed by atoms with Crippen LogP contribution >= 0.6 is 11.8 Å². The van der Waals surface area contributed by atoms with Gasteiger partial charge < -0.3 is 15.5 Å². The highest BCUT2D eigenvalue weighted by Crippen LogP contribution is 2.33. The average molecular weight is 457 g/mol. The van der Waals surface area contributed by atoms with E-state index in [1.807, 2.05) is 0 Å². The Balaban J connectivity index is 1.68. The van der Waals surface area contributed by atoms with Crippen molar-refractivity contribution in [1.82, 2.24) is 10.2 Å². The van der Waals surface area contributed by atoms with Crippen LogP contribution in [-0.2, 0) is 24.0 Å². The molecule has 2 fully saturated rings. The molecule has 3 amide bonds. The van der Waals surface area contributed by atoms with Crippen LogP contribution in [-0.4, -0.2) is 68.4 Å². The fourth-order valence-electron chi connectivity index (χ4n) is 4.05. The number of hydrogen-bond acceptors (Lipinski definition) is 6. The molecule has 2 atom stereocenters. The number of rotatable bonds is 12. The maximum atomic E-state index is 12.5. The summed E-state index contributed by atoms with van der Waals surface area (Å²) in [4.78, 5) is 59.9. The summed E-state index contributed by atoms with van der Waals surface area (Å²) in [6, 6.07) is 0. The van der Waals surface area contributed by atoms with Gasteiger partial charge in [-0.1, -0.05) is 6.42 Å². The number of thioether (sulfide) groups is 1. The third-order valence-corrected chi connectivity index (χ3v) is 7.25. The fourth-order valence-corrected chi connectivity index (χ4v) is 5.15. The molecule has 0 aromatic rings. The second-order valence-electron chi connectivity index (χ2n) is 8.36. The first-order valence-corrected chi connectivity index (χ1v) is 11.8. The van der Waals surface area contributed by atoms with Crippen LogP contribution in [0.25, 0.3) is 0 Å². The van der Waals surface area contributed by atoms with E-state index < -0.39 is 22.4 Å². The first-order valence-electron chi connectivity index (χ1n) is 10.9. The molecule has 0 aromatic heterocycles. The Morgan fingerprint density at radius 1 is 1.10 bits per heavy atom. The van der Waals surface area contributed by atoms with E-state index in [9.17, 15) is 24.0 Å². The van der Waals surface area contributed by atoms with Gasteiger partial charge in [-0.15, -0.1) is 11.8 Å². The van der Waals surface area contributed by atoms with E-state index in [0.29, 0.717) is 32.4 Å². The molecule has 0 aromatic carbocycles. The number of carbonyl (C=O) groups excluding carboxylic acids is 3. The molecule has 2 unspecified atom stereocenters. The number of carboxylic acid groups (broad SMARTS) is 2. The van der Waals surface area contributed by atoms with Crippen molar-refractivity contribution in [2.45, 2.75) is 75.2 Å². The SMILES string of the molecule is CC(SC1CC(=O)N(CC2CCC(C(=O)NCCCCCC(=O)O)CC2)C1=O)C(=O)O. The number of hydrogen-bond donors (Lipinski definition) is 3. The summed E-state index contributed by atoms with van der Waals surface area (Å²) in [5.41, 5.74) is 0. The van der Waals surface area contributed by atoms with Gasteiger partial charge in [0.25, 0.3) is 0 Å². The van der Waals surface area contributed by atoms with Crippen molar-refractivity contribution in [2.75, 3.05) is 13.1 Å². The quantitative estimate of drug-likeness (QED) is 0.299. The maximum Gasteiger partial charge on any atom is 0.316 e. The van der Waals surface area contributed by atoms with Crippen molar-refractivity contribution >= 4 is 41.4 Å². The van der Waals surface area contributed by atoms with Crippen LogP contribution in [0.5, 0.6) is 0 Å². The number of nitrogens with zero attached hydrogens (tertiary/aromatic N) is 1. The standard InChI is InChI=1S/C21H32N2O7S/c1-13(21(29)30)31-16-11-17(24)23(20(16)28)12-14-6-8-15(9-7-14)19(27)22-10-4-2-3-5-18(25)26/h13-16H,2-12H2,1H3,(H,22,27)(H,25,26)(H,29,30). The van der Waals surface area contributed by atoms with Crippen LogP contribution in [0.15, 0.2) is 0 Å². The molecular formula is C21H32N2O7S. The van der Waals surface area contributed by atoms with Crippen molar-refractivity contribution in [3.8, 4) is 0 Å². The summed E-state index contributed by atoms with van der Waals surface area (Å²) in [7, 11) is 0. The molecule has 31 heavy (non-hydrogen) atoms. The van der Waals surface area contributed by atoms with E-state index in [4.69, 9.17) is 10.2 Å². The molecule has 10 heteroatoms. The first kappa shape index (κ1) is 25.2. The first-order chi connectivity index (χ1) is 14.7. The lowest BCUT2D eigenvalue weighted by Crippen LogP contribution is -2.39. The van der Waals surface area contributed by atoms with Gasteiger partial charge in [0.2, 0.25) is 17.7 Å². The zero-order valence-corrected chi connectivity index (χ0v) is 18.7. The highest BCUT2D eigenvalue weighted by atomic mass is 32.2. The summed E-state index contributed by atoms with van der Waals surface area (Å²) in [5.74, 6) is -2.24. The van der Waals surface area contributed by atoms with Crippen LogP contribution in [0, 0.1) is 11.8 Å². The van der Waals surface area contributed by atoms with E-state index >= 15 is 0 Å². The molecule has 0 spiro atoms. The molecule has 0 radical (unpaired) electrons. The molecule has 1 aliphatic carbocycles. The van der Waals surface area contributed by atoms with Gasteiger partial charge in [0.05, 0.1) is 5.25 Å². The molecule has 1 aliphatic heterocycles. The summed E-state index contributed by atoms with van der Waals surface area (Å²) < 4.78 is 0. The minimum absolute atomic E-state index is 0.0177. The zero-order valence-electron chi connectivity index (χ0n) is 17.9. The number of likely N-dealkylation sites (tertiary alicyclic amines) is 1. The predicted molar refractivity (Wildman–Crippen MR) is 114 cm³/mol. The van der Waals surface area contributed by atoms with Crippen LogP contribution in [0.3, 0.4) is 0 Å². The number of amides is 3. The minimum Gasteiger partial charge on any atom is -0.481 e. The summed E-state index contributed by atoms with van der Waals surface area (Å²) in [6.45, 7) is 2.40. The minimum atomic E-state index is -0.999. The number of carboxylic acids is 2. The van der Waals surface area contributed by atoms with Crippen LogP contribution < -0.4 is 5.32 Å². The number of unbranched alkanes of at least 4 members (excludes halogenated alkanes) is 2. The molecule has 174 valence electrons. The van der Waals surface area contributed by atoms with Crippen LogP contribution in [0.2, 0.25) is 0 Å². The lowest BCUT2D eigenvalue weighted by molar-refractivity contribution is -0.140. The molecule has 1 saturated carbocycles. The lowest BCUT2D eigenvalue weighted by atomic mass is 9.81. The number of nitrogens with one attached hydrogen (secondary N) is 1. The normalized spacial score (nSPS) is 24.8. The molecule has 3 N–H and O–H groups in total. The van der Waals surface area contributed by atoms with E-state index in [2.05, 4.69) is 5.32 Å². The van der Waals surface area contributed by atoms with Gasteiger partial charge in [-0.25, -0.2) is 0 Å². The monoisotopic (exact) mass is 456 g/mol. The molecule has 2 aliphatic rings. The maximum absolute atomic E-state index is 12.5. The van der Waals surface area contributed by atoms with Crippen molar-refractivity contribution in [3.63, 3.8) is 0 Å². The zero-order chi connectivity index (χ0) is 23.0. The number of carbonyl (C=O) groups is 5. The van der Waals surface area contributed by atoms with E-state index in [1.54, 1.807) is 0 Å². The van der Waals surface area contributed by atoms with Gasteiger partial charge in [-0.2, -0.15) is 0 Å². The third-order valence-electron chi connectivity index (χ3n) is 5.94. The van der Waals surface area contributed by atoms with Gasteiger partial charge >= 0.3 is 11.9 Å². The molecule has 1 heterocycles. The van der Waals surface area contributed by atoms with Gasteiger partial charge in [0.15, 0.2) is 0 Å². The largest absolute Gasteiger partial charge is 0.481 e. The van der Waals surface area contributed by atoms with Crippen molar-refractivity contribution in [3.05, 3.63) is 0 Å². The Labute approximate surface area is 186 Å². The van der Waals surface area contributed by atoms with E-state index in [-0.39, 0.29) is 42.4 Å². The molecule has 1 saturated heterocycles. The Morgan fingerprint density at radius 2 is 1.77 bits per heavy atom. The van der Waals surface area contributed by atoms with Gasteiger partial charge in [0, 0.05) is 31.8 Å². The number of aliphatic carboxylic acids is 2. The summed E-state index contributed by atoms with van der Waals surface area (Å²) in [6.07, 6.45) is 5.27. The Morgan fingerprint density at radius 3 is 2.39 bits per heavy atom. The highest BCUT2D eigenvalue weighted by molar-refractivity contribution is 8.01. The van der Waals surface area contributed by atoms with E-state index in [1.165, 1.54) is 11.8 Å². The van der Waals surface area contributed by atoms with Crippen molar-refractivity contribution in [1.29, 1.82) is 0 Å². The smallest absolute Gasteiger partial charge is 0.316 e. The van der Waals surface area contributed by atoms with Crippen LogP contribution in [0.1, 0.15) is 64.7 Å². The second-order valence-corrected chi connectivity index (χ2v) is 9.91. The van der Waals surface area contributed by atoms with Crippen LogP contribution in [0.4, 0.5) is 0 Å². The topological polar surface area (TPSA) is 141 Å². The van der Waals surface area contributed by atoms with Crippen molar-refractivity contribution < 1.29 is 34.2 Å². The second kappa shape index (κ2) is 12.1. The third kappa shape index (κ3) is 7.83. The molecular weight excluding hydrogens is 424 g/mol. The summed E-state index contributed by atoms with van der Waals surface area (Å²) in [5, 5.41) is 19.2. The van der Waals surface area contributed by atoms with Gasteiger partial charge in [-0.05, 0) is 51.4 Å². The summed E-state index contributed by atoms with van der Waals surface area (Å²) >= 11 is 1.02. The lowest BCUT2D eigenvalue weighted by Gasteiger charge is -2.30. The van der Waals surface area contributed by atoms with Gasteiger partial charge in [-0.3, -0.25) is 28.9 Å². The Bertz CT molecular complexity index is 691. The molecule has 9 nitrogen and oxygen atoms in total. The predicted octanol–water partition coefficient (Wildman–Crippen LogP) is 1.89. The Kier molecular flexibility index (Phi) is 9.80. The van der Waals surface area contributed by atoms with Crippen molar-refractivity contribution in [2.24, 2.45) is 11.8 Å².